The smallest absolute Gasteiger partial charge is 0.311 e. The summed E-state index contributed by atoms with van der Waals surface area (Å²) in [7, 11) is -6.89. The first-order chi connectivity index (χ1) is 29.0. The molecule has 0 bridgehead atoms. The monoisotopic (exact) mass is 862 g/mol. The number of benzene rings is 4. The minimum absolute atomic E-state index is 0.154. The largest absolute Gasteiger partial charge is 0.465 e. The Morgan fingerprint density at radius 2 is 1.05 bits per heavy atom. The summed E-state index contributed by atoms with van der Waals surface area (Å²) in [5, 5.41) is 2.51. The number of esters is 1. The number of aldehydes is 1. The van der Waals surface area contributed by atoms with Gasteiger partial charge in [0, 0.05) is 24.7 Å². The number of rotatable bonds is 15. The summed E-state index contributed by atoms with van der Waals surface area (Å²) in [4.78, 5) is 51.8. The molecule has 61 heavy (non-hydrogen) atoms. The third-order valence-electron chi connectivity index (χ3n) is 14.1. The number of carbonyl (C=O) groups is 2. The van der Waals surface area contributed by atoms with Crippen molar-refractivity contribution in [1.82, 2.24) is 0 Å². The maximum absolute atomic E-state index is 13.4. The van der Waals surface area contributed by atoms with Crippen molar-refractivity contribution in [2.75, 3.05) is 6.61 Å². The molecule has 4 aromatic carbocycles. The summed E-state index contributed by atoms with van der Waals surface area (Å²) < 4.78 is 27.2. The van der Waals surface area contributed by atoms with Crippen molar-refractivity contribution in [3.63, 3.8) is 0 Å². The lowest BCUT2D eigenvalue weighted by Crippen LogP contribution is -2.67. The lowest BCUT2D eigenvalue weighted by Gasteiger charge is -2.52. The molecule has 3 heterocycles. The summed E-state index contributed by atoms with van der Waals surface area (Å²) in [5.41, 5.74) is -0.594. The number of carbonyl (C=O) groups excluding carboxylic acids is 2. The predicted molar refractivity (Wildman–Crippen MR) is 245 cm³/mol. The number of fused-ring (bicyclic) bond motifs is 2. The van der Waals surface area contributed by atoms with Crippen molar-refractivity contribution < 1.29 is 38.1 Å². The van der Waals surface area contributed by atoms with Crippen LogP contribution in [0.25, 0.3) is 0 Å². The van der Waals surface area contributed by atoms with Gasteiger partial charge in [0.25, 0.3) is 16.6 Å². The van der Waals surface area contributed by atoms with Crippen LogP contribution in [0.15, 0.2) is 121 Å². The first kappa shape index (κ1) is 45.3. The van der Waals surface area contributed by atoms with Crippen molar-refractivity contribution in [3.8, 4) is 0 Å². The van der Waals surface area contributed by atoms with Crippen molar-refractivity contribution in [1.29, 1.82) is 0 Å². The van der Waals surface area contributed by atoms with Crippen LogP contribution >= 0.6 is 0 Å². The summed E-state index contributed by atoms with van der Waals surface area (Å²) in [6.07, 6.45) is 2.37. The lowest BCUT2D eigenvalue weighted by molar-refractivity contribution is -0.244. The van der Waals surface area contributed by atoms with E-state index in [1.807, 2.05) is 118 Å². The van der Waals surface area contributed by atoms with Gasteiger partial charge < -0.3 is 33.3 Å². The van der Waals surface area contributed by atoms with Crippen LogP contribution in [-0.4, -0.2) is 81.7 Å². The highest BCUT2D eigenvalue weighted by molar-refractivity contribution is 6.99. The van der Waals surface area contributed by atoms with Gasteiger partial charge in [0.15, 0.2) is 0 Å². The highest BCUT2D eigenvalue weighted by Gasteiger charge is 2.62. The Labute approximate surface area is 365 Å². The number of hydrogen-bond acceptors (Lipinski definition) is 8. The number of hydrogen-bond donors (Lipinski definition) is 2. The molecule has 8 nitrogen and oxygen atoms in total. The second-order valence-corrected chi connectivity index (χ2v) is 27.9. The van der Waals surface area contributed by atoms with Crippen LogP contribution in [0.1, 0.15) is 87.0 Å². The van der Waals surface area contributed by atoms with Crippen molar-refractivity contribution in [2.24, 2.45) is 17.3 Å². The van der Waals surface area contributed by atoms with Crippen LogP contribution in [-0.2, 0) is 28.5 Å². The van der Waals surface area contributed by atoms with Crippen LogP contribution in [0.4, 0.5) is 0 Å². The third-order valence-corrected chi connectivity index (χ3v) is 23.1. The van der Waals surface area contributed by atoms with Gasteiger partial charge in [-0.05, 0) is 77.3 Å². The molecule has 0 aliphatic carbocycles. The zero-order chi connectivity index (χ0) is 43.6. The highest BCUT2D eigenvalue weighted by atomic mass is 28.4. The Morgan fingerprint density at radius 3 is 1.48 bits per heavy atom. The quantitative estimate of drug-likeness (QED) is 0.0772. The molecule has 8 atom stereocenters. The molecule has 0 amide bonds. The molecule has 3 aliphatic rings. The molecule has 4 aromatic rings. The van der Waals surface area contributed by atoms with Crippen LogP contribution in [0.2, 0.25) is 10.1 Å². The van der Waals surface area contributed by atoms with E-state index in [9.17, 15) is 19.2 Å². The summed E-state index contributed by atoms with van der Waals surface area (Å²) in [6.45, 7) is 14.5. The van der Waals surface area contributed by atoms with E-state index in [0.29, 0.717) is 19.3 Å². The fourth-order valence-electron chi connectivity index (χ4n) is 10.8. The predicted octanol–water partition coefficient (Wildman–Crippen LogP) is 6.71. The van der Waals surface area contributed by atoms with E-state index < -0.39 is 44.3 Å². The van der Waals surface area contributed by atoms with Gasteiger partial charge in [0.05, 0.1) is 48.6 Å². The van der Waals surface area contributed by atoms with Crippen molar-refractivity contribution in [3.05, 3.63) is 121 Å². The van der Waals surface area contributed by atoms with Crippen LogP contribution in [0.3, 0.4) is 0 Å². The molecule has 0 aromatic heterocycles. The molecular weight excluding hydrogens is 797 g/mol. The van der Waals surface area contributed by atoms with Gasteiger partial charge in [-0.25, -0.2) is 0 Å². The van der Waals surface area contributed by atoms with Gasteiger partial charge in [0.1, 0.15) is 6.29 Å². The van der Waals surface area contributed by atoms with E-state index in [4.69, 9.17) is 18.9 Å². The Bertz CT molecular complexity index is 1980. The van der Waals surface area contributed by atoms with E-state index in [2.05, 4.69) is 52.0 Å². The fourth-order valence-corrected chi connectivity index (χ4v) is 18.3. The Hall–Kier alpha value is -3.75. The summed E-state index contributed by atoms with van der Waals surface area (Å²) in [5.74, 6) is -0.636. The van der Waals surface area contributed by atoms with Crippen molar-refractivity contribution >= 4 is 49.6 Å². The van der Waals surface area contributed by atoms with Gasteiger partial charge in [0.2, 0.25) is 0 Å². The zero-order valence-electron chi connectivity index (χ0n) is 37.0. The van der Waals surface area contributed by atoms with Crippen LogP contribution in [0, 0.1) is 17.3 Å². The Balaban J connectivity index is 1.27. The standard InChI is InChI=1S/C51H66O8Si2/c1-49(2,3)48(53)56-33-31-36-28-29-44-45(57-36)42(35-51(6,7)61(55,39-24-16-10-17-25-39)40-26-18-11-19-27-40)47-46(59-44)41(43(58-47)30-32-52)34-50(4,5)60(54,37-20-12-8-13-21-37)38-22-14-9-15-23-38/h8-27,32,36,41-47,54-55H,28-31,33-35H2,1-7H3/t36?,41?,42?,43?,44?,45-,46+,47?/m1/s1. The van der Waals surface area contributed by atoms with E-state index >= 15 is 0 Å². The fraction of sp³-hybridized carbons (Fsp3) is 0.490. The molecule has 3 fully saturated rings. The van der Waals surface area contributed by atoms with Gasteiger partial charge in [-0.1, -0.05) is 149 Å². The first-order valence-corrected chi connectivity index (χ1v) is 26.1. The summed E-state index contributed by atoms with van der Waals surface area (Å²) in [6, 6.07) is 40.3. The topological polar surface area (TPSA) is 112 Å². The van der Waals surface area contributed by atoms with E-state index in [0.717, 1.165) is 39.9 Å². The maximum atomic E-state index is 13.4. The molecule has 6 unspecified atom stereocenters. The molecule has 10 heteroatoms. The molecule has 0 spiro atoms. The molecule has 2 N–H and O–H groups in total. The second-order valence-electron chi connectivity index (χ2n) is 20.0. The van der Waals surface area contributed by atoms with Gasteiger partial charge >= 0.3 is 5.97 Å². The van der Waals surface area contributed by atoms with Gasteiger partial charge in [-0.15, -0.1) is 0 Å². The number of ether oxygens (including phenoxy) is 4. The third kappa shape index (κ3) is 8.92. The Morgan fingerprint density at radius 1 is 0.623 bits per heavy atom. The van der Waals surface area contributed by atoms with Crippen LogP contribution in [0.5, 0.6) is 0 Å². The first-order valence-electron chi connectivity index (χ1n) is 22.3. The SMILES string of the molecule is CC(C)(C)C(=O)OCCC1CCC2O[C@H]3C(CC(C)(C)[Si](O)(c4ccccc4)c4ccccc4)C(CC=O)OC3C(CC(C)(C)[Si](O)(c3ccccc3)c3ccccc3)[C@H]2O1. The Kier molecular flexibility index (Phi) is 13.5. The molecule has 3 aliphatic heterocycles. The van der Waals surface area contributed by atoms with E-state index in [-0.39, 0.29) is 55.2 Å². The molecule has 0 radical (unpaired) electrons. The van der Waals surface area contributed by atoms with Gasteiger partial charge in [-0.2, -0.15) is 0 Å². The van der Waals surface area contributed by atoms with Gasteiger partial charge in [-0.3, -0.25) is 4.79 Å². The van der Waals surface area contributed by atoms with E-state index in [1.54, 1.807) is 0 Å². The molecule has 3 saturated heterocycles. The highest BCUT2D eigenvalue weighted by Crippen LogP contribution is 2.55. The molecular formula is C51H66O8Si2. The average Bonchev–Trinajstić information content (AvgIpc) is 3.59. The molecule has 7 rings (SSSR count). The average molecular weight is 863 g/mol. The molecule has 0 saturated carbocycles. The lowest BCUT2D eigenvalue weighted by atomic mass is 9.74. The molecule has 326 valence electrons. The summed E-state index contributed by atoms with van der Waals surface area (Å²) >= 11 is 0. The van der Waals surface area contributed by atoms with Crippen LogP contribution < -0.4 is 20.7 Å². The second kappa shape index (κ2) is 18.2. The maximum Gasteiger partial charge on any atom is 0.311 e. The minimum atomic E-state index is -3.46. The zero-order valence-corrected chi connectivity index (χ0v) is 39.0. The minimum Gasteiger partial charge on any atom is -0.465 e. The van der Waals surface area contributed by atoms with Crippen molar-refractivity contribution in [2.45, 2.75) is 134 Å². The van der Waals surface area contributed by atoms with E-state index in [1.165, 1.54) is 0 Å². The normalized spacial score (nSPS) is 25.9.